The third kappa shape index (κ3) is 2.45. The minimum Gasteiger partial charge on any atom is -0.399 e. The van der Waals surface area contributed by atoms with Crippen molar-refractivity contribution in [3.05, 3.63) is 47.5 Å². The van der Waals surface area contributed by atoms with E-state index in [0.717, 1.165) is 37.9 Å². The second-order valence-corrected chi connectivity index (χ2v) is 8.28. The van der Waals surface area contributed by atoms with Gasteiger partial charge in [-0.15, -0.1) is 22.7 Å². The topological polar surface area (TPSA) is 63.8 Å². The van der Waals surface area contributed by atoms with Crippen LogP contribution in [-0.4, -0.2) is 22.6 Å². The van der Waals surface area contributed by atoms with Crippen molar-refractivity contribution in [3.63, 3.8) is 0 Å². The van der Waals surface area contributed by atoms with Crippen LogP contribution >= 0.6 is 22.7 Å². The molecule has 4 nitrogen and oxygen atoms in total. The highest BCUT2D eigenvalue weighted by atomic mass is 32.1. The van der Waals surface area contributed by atoms with E-state index >= 15 is 0 Å². The maximum Gasteiger partial charge on any atom is 0.125 e. The Hall–Kier alpha value is -2.28. The normalized spacial score (nSPS) is 17.5. The molecule has 0 bridgehead atoms. The van der Waals surface area contributed by atoms with Crippen molar-refractivity contribution in [1.82, 2.24) is 15.3 Å². The Kier molecular flexibility index (Phi) is 3.38. The van der Waals surface area contributed by atoms with E-state index in [0.29, 0.717) is 6.04 Å². The molecule has 0 fully saturated rings. The number of benzene rings is 1. The molecule has 3 aromatic heterocycles. The standard InChI is InChI=1S/C19H16N4S2/c1-10-12(4-6-21-10)17-9-14-13(5-7-22-18(14)25-17)19-23-15-8-11(20)2-3-16(15)24-19/h2-5,7-10,21H,6,20H2,1H3. The van der Waals surface area contributed by atoms with Crippen molar-refractivity contribution in [3.8, 4) is 10.6 Å². The lowest BCUT2D eigenvalue weighted by atomic mass is 10.1. The van der Waals surface area contributed by atoms with Gasteiger partial charge in [0.25, 0.3) is 0 Å². The summed E-state index contributed by atoms with van der Waals surface area (Å²) in [4.78, 5) is 11.7. The van der Waals surface area contributed by atoms with Crippen LogP contribution in [0.4, 0.5) is 5.69 Å². The van der Waals surface area contributed by atoms with Crippen molar-refractivity contribution in [2.45, 2.75) is 13.0 Å². The summed E-state index contributed by atoms with van der Waals surface area (Å²) in [6, 6.07) is 10.6. The number of pyridine rings is 1. The van der Waals surface area contributed by atoms with E-state index in [1.165, 1.54) is 15.8 Å². The molecule has 0 amide bonds. The molecule has 4 aromatic rings. The first-order valence-electron chi connectivity index (χ1n) is 8.18. The van der Waals surface area contributed by atoms with E-state index in [9.17, 15) is 0 Å². The highest BCUT2D eigenvalue weighted by Crippen LogP contribution is 2.39. The van der Waals surface area contributed by atoms with Crippen LogP contribution in [0.1, 0.15) is 11.8 Å². The Bertz CT molecular complexity index is 1140. The Morgan fingerprint density at radius 2 is 2.12 bits per heavy atom. The van der Waals surface area contributed by atoms with Crippen LogP contribution in [0.25, 0.3) is 36.6 Å². The summed E-state index contributed by atoms with van der Waals surface area (Å²) in [5, 5.41) is 5.65. The predicted octanol–water partition coefficient (Wildman–Crippen LogP) is 4.53. The van der Waals surface area contributed by atoms with Crippen molar-refractivity contribution < 1.29 is 0 Å². The van der Waals surface area contributed by atoms with Gasteiger partial charge in [0.2, 0.25) is 0 Å². The van der Waals surface area contributed by atoms with Gasteiger partial charge in [-0.1, -0.05) is 6.08 Å². The Balaban J connectivity index is 1.68. The first kappa shape index (κ1) is 15.0. The molecular formula is C19H16N4S2. The molecule has 5 rings (SSSR count). The van der Waals surface area contributed by atoms with E-state index < -0.39 is 0 Å². The van der Waals surface area contributed by atoms with Crippen LogP contribution in [0.3, 0.4) is 0 Å². The molecule has 0 radical (unpaired) electrons. The summed E-state index contributed by atoms with van der Waals surface area (Å²) in [7, 11) is 0. The van der Waals surface area contributed by atoms with Crippen LogP contribution in [0.2, 0.25) is 0 Å². The number of nitrogens with one attached hydrogen (secondary N) is 1. The fourth-order valence-corrected chi connectivity index (χ4v) is 5.42. The Labute approximate surface area is 153 Å². The number of nitrogens with zero attached hydrogens (tertiary/aromatic N) is 2. The number of hydrogen-bond donors (Lipinski definition) is 2. The van der Waals surface area contributed by atoms with Crippen LogP contribution < -0.4 is 11.1 Å². The van der Waals surface area contributed by atoms with E-state index in [1.54, 1.807) is 22.7 Å². The minimum atomic E-state index is 0.391. The number of aromatic nitrogens is 2. The smallest absolute Gasteiger partial charge is 0.125 e. The van der Waals surface area contributed by atoms with Crippen molar-refractivity contribution >= 4 is 54.4 Å². The molecule has 3 N–H and O–H groups in total. The van der Waals surface area contributed by atoms with Gasteiger partial charge in [-0.05, 0) is 42.8 Å². The monoisotopic (exact) mass is 364 g/mol. The summed E-state index contributed by atoms with van der Waals surface area (Å²) in [5.74, 6) is 0. The zero-order valence-corrected chi connectivity index (χ0v) is 15.2. The van der Waals surface area contributed by atoms with Crippen molar-refractivity contribution in [2.24, 2.45) is 0 Å². The average molecular weight is 364 g/mol. The SMILES string of the molecule is CC1NCC=C1c1cc2c(-c3nc4cc(N)ccc4s3)ccnc2s1. The number of anilines is 1. The average Bonchev–Trinajstić information content (AvgIpc) is 3.30. The zero-order valence-electron chi connectivity index (χ0n) is 13.6. The molecule has 1 atom stereocenters. The molecule has 1 unspecified atom stereocenters. The van der Waals surface area contributed by atoms with Gasteiger partial charge in [0.1, 0.15) is 9.84 Å². The van der Waals surface area contributed by atoms with Crippen LogP contribution in [-0.2, 0) is 0 Å². The molecule has 1 aromatic carbocycles. The summed E-state index contributed by atoms with van der Waals surface area (Å²) in [6.45, 7) is 3.14. The molecule has 0 spiro atoms. The molecule has 6 heteroatoms. The lowest BCUT2D eigenvalue weighted by Gasteiger charge is -2.06. The zero-order chi connectivity index (χ0) is 17.0. The van der Waals surface area contributed by atoms with Crippen LogP contribution in [0, 0.1) is 0 Å². The number of fused-ring (bicyclic) bond motifs is 2. The highest BCUT2D eigenvalue weighted by Gasteiger charge is 2.19. The number of thiophene rings is 1. The van der Waals surface area contributed by atoms with Gasteiger partial charge in [-0.3, -0.25) is 0 Å². The molecule has 1 aliphatic rings. The number of nitrogen functional groups attached to an aromatic ring is 1. The summed E-state index contributed by atoms with van der Waals surface area (Å²) in [6.07, 6.45) is 4.15. The largest absolute Gasteiger partial charge is 0.399 e. The second-order valence-electron chi connectivity index (χ2n) is 6.22. The molecule has 0 saturated heterocycles. The highest BCUT2D eigenvalue weighted by molar-refractivity contribution is 7.22. The van der Waals surface area contributed by atoms with E-state index in [-0.39, 0.29) is 0 Å². The Morgan fingerprint density at radius 1 is 1.20 bits per heavy atom. The van der Waals surface area contributed by atoms with Gasteiger partial charge >= 0.3 is 0 Å². The van der Waals surface area contributed by atoms with Gasteiger partial charge < -0.3 is 11.1 Å². The summed E-state index contributed by atoms with van der Waals surface area (Å²) >= 11 is 3.45. The molecule has 0 aliphatic carbocycles. The van der Waals surface area contributed by atoms with Crippen LogP contribution in [0.15, 0.2) is 42.6 Å². The summed E-state index contributed by atoms with van der Waals surface area (Å²) < 4.78 is 1.15. The third-order valence-electron chi connectivity index (χ3n) is 4.57. The van der Waals surface area contributed by atoms with E-state index in [2.05, 4.69) is 35.4 Å². The van der Waals surface area contributed by atoms with Gasteiger partial charge in [-0.2, -0.15) is 0 Å². The predicted molar refractivity (Wildman–Crippen MR) is 108 cm³/mol. The molecule has 124 valence electrons. The van der Waals surface area contributed by atoms with Gasteiger partial charge in [0.15, 0.2) is 0 Å². The molecule has 25 heavy (non-hydrogen) atoms. The fourth-order valence-electron chi connectivity index (χ4n) is 3.27. The van der Waals surface area contributed by atoms with Gasteiger partial charge in [0.05, 0.1) is 10.2 Å². The molecular weight excluding hydrogens is 348 g/mol. The van der Waals surface area contributed by atoms with Crippen molar-refractivity contribution in [1.29, 1.82) is 0 Å². The van der Waals surface area contributed by atoms with Crippen LogP contribution in [0.5, 0.6) is 0 Å². The lowest BCUT2D eigenvalue weighted by Crippen LogP contribution is -2.19. The third-order valence-corrected chi connectivity index (χ3v) is 6.74. The maximum atomic E-state index is 5.89. The number of thiazole rings is 1. The van der Waals surface area contributed by atoms with Gasteiger partial charge in [0, 0.05) is 40.3 Å². The second kappa shape index (κ2) is 5.62. The first-order valence-corrected chi connectivity index (χ1v) is 9.81. The summed E-state index contributed by atoms with van der Waals surface area (Å²) in [5.41, 5.74) is 10.1. The Morgan fingerprint density at radius 3 is 2.96 bits per heavy atom. The maximum absolute atomic E-state index is 5.89. The fraction of sp³-hybridized carbons (Fsp3) is 0.158. The van der Waals surface area contributed by atoms with Crippen molar-refractivity contribution in [2.75, 3.05) is 12.3 Å². The molecule has 4 heterocycles. The van der Waals surface area contributed by atoms with Gasteiger partial charge in [-0.25, -0.2) is 9.97 Å². The minimum absolute atomic E-state index is 0.391. The molecule has 1 aliphatic heterocycles. The van der Waals surface area contributed by atoms with E-state index in [4.69, 9.17) is 10.7 Å². The van der Waals surface area contributed by atoms with E-state index in [1.807, 2.05) is 24.4 Å². The molecule has 0 saturated carbocycles. The first-order chi connectivity index (χ1) is 12.2. The lowest BCUT2D eigenvalue weighted by molar-refractivity contribution is 0.737. The number of rotatable bonds is 2. The number of hydrogen-bond acceptors (Lipinski definition) is 6. The number of nitrogens with two attached hydrogens (primary N) is 1. The quantitative estimate of drug-likeness (QED) is 0.513.